The lowest BCUT2D eigenvalue weighted by atomic mass is 10.2. The number of hydrogen-bond donors (Lipinski definition) is 0. The highest BCUT2D eigenvalue weighted by molar-refractivity contribution is 7.89. The van der Waals surface area contributed by atoms with E-state index >= 15 is 0 Å². The van der Waals surface area contributed by atoms with Gasteiger partial charge in [0.1, 0.15) is 6.54 Å². The molecule has 2 fully saturated rings. The van der Waals surface area contributed by atoms with Crippen LogP contribution < -0.4 is 4.90 Å². The Bertz CT molecular complexity index is 1240. The molecule has 0 aliphatic carbocycles. The van der Waals surface area contributed by atoms with Crippen LogP contribution in [0.5, 0.6) is 0 Å². The molecular weight excluding hydrogens is 448 g/mol. The molecule has 5 rings (SSSR count). The summed E-state index contributed by atoms with van der Waals surface area (Å²) in [5.74, 6) is 0.0893. The summed E-state index contributed by atoms with van der Waals surface area (Å²) in [5, 5.41) is 0.845. The van der Waals surface area contributed by atoms with Crippen LogP contribution >= 0.6 is 0 Å². The first kappa shape index (κ1) is 22.9. The lowest BCUT2D eigenvalue weighted by Crippen LogP contribution is -2.49. The van der Waals surface area contributed by atoms with Crippen LogP contribution in [0.15, 0.2) is 65.7 Å². The third kappa shape index (κ3) is 4.70. The van der Waals surface area contributed by atoms with Crippen molar-refractivity contribution in [3.8, 4) is 0 Å². The van der Waals surface area contributed by atoms with Crippen LogP contribution in [-0.2, 0) is 21.4 Å². The van der Waals surface area contributed by atoms with Gasteiger partial charge in [-0.05, 0) is 49.2 Å². The predicted octanol–water partition coefficient (Wildman–Crippen LogP) is 3.55. The fourth-order valence-corrected chi connectivity index (χ4v) is 6.56. The van der Waals surface area contributed by atoms with E-state index in [1.807, 2.05) is 46.0 Å². The zero-order valence-corrected chi connectivity index (χ0v) is 20.3. The number of nitrogens with zero attached hydrogens (tertiary/aromatic N) is 4. The number of carbonyl (C=O) groups is 1. The van der Waals surface area contributed by atoms with Gasteiger partial charge in [-0.1, -0.05) is 31.0 Å². The van der Waals surface area contributed by atoms with E-state index in [2.05, 4.69) is 17.0 Å². The molecule has 2 aromatic carbocycles. The third-order valence-electron chi connectivity index (χ3n) is 7.00. The average molecular weight is 481 g/mol. The molecule has 1 aromatic heterocycles. The second-order valence-corrected chi connectivity index (χ2v) is 11.1. The fraction of sp³-hybridized carbons (Fsp3) is 0.423. The maximum Gasteiger partial charge on any atom is 0.243 e. The number of hydrogen-bond acceptors (Lipinski definition) is 4. The summed E-state index contributed by atoms with van der Waals surface area (Å²) in [6, 6.07) is 17.5. The monoisotopic (exact) mass is 480 g/mol. The molecule has 0 atom stereocenters. The summed E-state index contributed by atoms with van der Waals surface area (Å²) in [7, 11) is -3.49. The van der Waals surface area contributed by atoms with Crippen molar-refractivity contribution in [2.75, 3.05) is 44.2 Å². The second kappa shape index (κ2) is 9.80. The molecule has 34 heavy (non-hydrogen) atoms. The molecule has 0 bridgehead atoms. The maximum atomic E-state index is 13.2. The maximum absolute atomic E-state index is 13.2. The Kier molecular flexibility index (Phi) is 6.61. The van der Waals surface area contributed by atoms with E-state index in [-0.39, 0.29) is 12.5 Å². The van der Waals surface area contributed by atoms with Gasteiger partial charge >= 0.3 is 0 Å². The first-order chi connectivity index (χ1) is 16.5. The highest BCUT2D eigenvalue weighted by atomic mass is 32.2. The molecule has 2 aliphatic rings. The van der Waals surface area contributed by atoms with Gasteiger partial charge in [0.2, 0.25) is 15.9 Å². The first-order valence-corrected chi connectivity index (χ1v) is 13.6. The molecule has 1 amide bonds. The topological polar surface area (TPSA) is 65.9 Å². The van der Waals surface area contributed by atoms with Gasteiger partial charge in [-0.25, -0.2) is 8.42 Å². The standard InChI is InChI=1S/C26H32N4O3S/c31-26(28-18-16-27(17-19-28)23-8-4-3-5-9-23)21-29-15-12-22-20-24(10-11-25(22)29)34(32,33)30-13-6-1-2-7-14-30/h3-5,8-12,15,20H,1-2,6-7,13-14,16-19,21H2. The van der Waals surface area contributed by atoms with Gasteiger partial charge in [-0.2, -0.15) is 4.31 Å². The van der Waals surface area contributed by atoms with Crippen LogP contribution in [0.2, 0.25) is 0 Å². The number of para-hydroxylation sites is 1. The molecular formula is C26H32N4O3S. The Morgan fingerprint density at radius 1 is 0.794 bits per heavy atom. The second-order valence-electron chi connectivity index (χ2n) is 9.19. The van der Waals surface area contributed by atoms with Gasteiger partial charge in [0, 0.05) is 62.1 Å². The Balaban J connectivity index is 1.26. The van der Waals surface area contributed by atoms with Crippen LogP contribution in [0.3, 0.4) is 0 Å². The minimum absolute atomic E-state index is 0.0893. The Labute approximate surface area is 201 Å². The number of fused-ring (bicyclic) bond motifs is 1. The van der Waals surface area contributed by atoms with E-state index in [1.54, 1.807) is 16.4 Å². The molecule has 0 N–H and O–H groups in total. The van der Waals surface area contributed by atoms with Crippen LogP contribution in [0.4, 0.5) is 5.69 Å². The predicted molar refractivity (Wildman–Crippen MR) is 134 cm³/mol. The van der Waals surface area contributed by atoms with Crippen molar-refractivity contribution in [3.63, 3.8) is 0 Å². The van der Waals surface area contributed by atoms with E-state index in [4.69, 9.17) is 0 Å². The number of anilines is 1. The highest BCUT2D eigenvalue weighted by Crippen LogP contribution is 2.25. The molecule has 0 spiro atoms. The molecule has 0 saturated carbocycles. The van der Waals surface area contributed by atoms with E-state index in [1.165, 1.54) is 5.69 Å². The molecule has 2 saturated heterocycles. The number of amides is 1. The van der Waals surface area contributed by atoms with E-state index in [0.717, 1.165) is 49.7 Å². The van der Waals surface area contributed by atoms with Crippen molar-refractivity contribution in [2.45, 2.75) is 37.1 Å². The Hall–Kier alpha value is -2.84. The fourth-order valence-electron chi connectivity index (χ4n) is 5.01. The summed E-state index contributed by atoms with van der Waals surface area (Å²) in [6.45, 7) is 4.48. The van der Waals surface area contributed by atoms with Crippen molar-refractivity contribution in [2.24, 2.45) is 0 Å². The Morgan fingerprint density at radius 3 is 2.21 bits per heavy atom. The zero-order chi connectivity index (χ0) is 23.5. The third-order valence-corrected chi connectivity index (χ3v) is 8.90. The van der Waals surface area contributed by atoms with Crippen molar-refractivity contribution in [3.05, 3.63) is 60.8 Å². The van der Waals surface area contributed by atoms with Gasteiger partial charge in [0.25, 0.3) is 0 Å². The van der Waals surface area contributed by atoms with E-state index < -0.39 is 10.0 Å². The summed E-state index contributed by atoms with van der Waals surface area (Å²) in [6.07, 6.45) is 5.89. The number of sulfonamides is 1. The van der Waals surface area contributed by atoms with Gasteiger partial charge in [0.05, 0.1) is 4.90 Å². The van der Waals surface area contributed by atoms with Crippen molar-refractivity contribution < 1.29 is 13.2 Å². The average Bonchev–Trinajstić information content (AvgIpc) is 3.06. The quantitative estimate of drug-likeness (QED) is 0.560. The SMILES string of the molecule is O=C(Cn1ccc2cc(S(=O)(=O)N3CCCCCC3)ccc21)N1CCN(c2ccccc2)CC1. The molecule has 7 nitrogen and oxygen atoms in total. The van der Waals surface area contributed by atoms with E-state index in [9.17, 15) is 13.2 Å². The molecule has 2 aliphatic heterocycles. The van der Waals surface area contributed by atoms with Crippen LogP contribution in [0.25, 0.3) is 10.9 Å². The molecule has 0 radical (unpaired) electrons. The lowest BCUT2D eigenvalue weighted by molar-refractivity contribution is -0.132. The summed E-state index contributed by atoms with van der Waals surface area (Å²) in [5.41, 5.74) is 2.07. The van der Waals surface area contributed by atoms with Crippen LogP contribution in [0, 0.1) is 0 Å². The first-order valence-electron chi connectivity index (χ1n) is 12.2. The molecule has 3 heterocycles. The number of aromatic nitrogens is 1. The molecule has 180 valence electrons. The highest BCUT2D eigenvalue weighted by Gasteiger charge is 2.26. The summed E-state index contributed by atoms with van der Waals surface area (Å²) in [4.78, 5) is 17.6. The Morgan fingerprint density at radius 2 is 1.50 bits per heavy atom. The zero-order valence-electron chi connectivity index (χ0n) is 19.5. The lowest BCUT2D eigenvalue weighted by Gasteiger charge is -2.36. The van der Waals surface area contributed by atoms with Gasteiger partial charge < -0.3 is 14.4 Å². The minimum atomic E-state index is -3.49. The normalized spacial score (nSPS) is 18.2. The number of rotatable bonds is 5. The van der Waals surface area contributed by atoms with Gasteiger partial charge in [-0.15, -0.1) is 0 Å². The smallest absolute Gasteiger partial charge is 0.243 e. The number of carbonyl (C=O) groups excluding carboxylic acids is 1. The molecule has 0 unspecified atom stereocenters. The van der Waals surface area contributed by atoms with Gasteiger partial charge in [0.15, 0.2) is 0 Å². The van der Waals surface area contributed by atoms with Gasteiger partial charge in [-0.3, -0.25) is 4.79 Å². The van der Waals surface area contributed by atoms with E-state index in [0.29, 0.717) is 31.1 Å². The minimum Gasteiger partial charge on any atom is -0.368 e. The van der Waals surface area contributed by atoms with Crippen LogP contribution in [-0.4, -0.2) is 67.4 Å². The molecule has 8 heteroatoms. The van der Waals surface area contributed by atoms with Crippen molar-refractivity contribution in [1.82, 2.24) is 13.8 Å². The number of benzene rings is 2. The summed E-state index contributed by atoms with van der Waals surface area (Å²) >= 11 is 0. The van der Waals surface area contributed by atoms with Crippen LogP contribution in [0.1, 0.15) is 25.7 Å². The molecule has 3 aromatic rings. The number of piperazine rings is 1. The van der Waals surface area contributed by atoms with Crippen molar-refractivity contribution >= 4 is 32.5 Å². The van der Waals surface area contributed by atoms with Crippen molar-refractivity contribution in [1.29, 1.82) is 0 Å². The largest absolute Gasteiger partial charge is 0.368 e. The summed E-state index contributed by atoms with van der Waals surface area (Å²) < 4.78 is 29.9.